The van der Waals surface area contributed by atoms with E-state index in [0.29, 0.717) is 12.0 Å². The van der Waals surface area contributed by atoms with Crippen molar-refractivity contribution in [2.75, 3.05) is 0 Å². The molecule has 106 valence electrons. The zero-order valence-electron chi connectivity index (χ0n) is 12.4. The predicted octanol–water partition coefficient (Wildman–Crippen LogP) is 4.54. The second kappa shape index (κ2) is 5.97. The summed E-state index contributed by atoms with van der Waals surface area (Å²) < 4.78 is 0. The van der Waals surface area contributed by atoms with E-state index < -0.39 is 0 Å². The van der Waals surface area contributed by atoms with E-state index in [-0.39, 0.29) is 0 Å². The number of hydrogen-bond donors (Lipinski definition) is 1. The van der Waals surface area contributed by atoms with Crippen molar-refractivity contribution in [3.63, 3.8) is 0 Å². The van der Waals surface area contributed by atoms with Gasteiger partial charge in [0.2, 0.25) is 0 Å². The average Bonchev–Trinajstić information content (AvgIpc) is 2.50. The second-order valence-electron chi connectivity index (χ2n) is 6.35. The molecule has 0 spiro atoms. The highest BCUT2D eigenvalue weighted by molar-refractivity contribution is 5.85. The van der Waals surface area contributed by atoms with Crippen LogP contribution in [0.1, 0.15) is 38.2 Å². The molecule has 0 saturated heterocycles. The number of hydrogen-bond acceptors (Lipinski definition) is 1. The number of fused-ring (bicyclic) bond motifs is 1. The van der Waals surface area contributed by atoms with Crippen LogP contribution in [-0.2, 0) is 6.42 Å². The number of nitrogens with two attached hydrogens (primary N) is 1. The van der Waals surface area contributed by atoms with Gasteiger partial charge in [-0.3, -0.25) is 0 Å². The molecule has 2 N–H and O–H groups in total. The third-order valence-electron chi connectivity index (χ3n) is 5.09. The van der Waals surface area contributed by atoms with Gasteiger partial charge in [-0.2, -0.15) is 0 Å². The average molecular weight is 267 g/mol. The van der Waals surface area contributed by atoms with E-state index in [1.807, 2.05) is 0 Å². The molecule has 1 fully saturated rings. The summed E-state index contributed by atoms with van der Waals surface area (Å²) in [5.41, 5.74) is 7.86. The van der Waals surface area contributed by atoms with E-state index >= 15 is 0 Å². The van der Waals surface area contributed by atoms with Gasteiger partial charge in [-0.05, 0) is 53.9 Å². The highest BCUT2D eigenvalue weighted by atomic mass is 14.7. The van der Waals surface area contributed by atoms with Crippen molar-refractivity contribution in [2.45, 2.75) is 45.1 Å². The first-order chi connectivity index (χ1) is 9.78. The van der Waals surface area contributed by atoms with E-state index in [2.05, 4.69) is 49.4 Å². The van der Waals surface area contributed by atoms with Gasteiger partial charge in [-0.1, -0.05) is 55.8 Å². The summed E-state index contributed by atoms with van der Waals surface area (Å²) in [5.74, 6) is 1.54. The molecular formula is C19H25N. The number of rotatable bonds is 3. The Labute approximate surface area is 122 Å². The summed E-state index contributed by atoms with van der Waals surface area (Å²) in [4.78, 5) is 0. The molecule has 0 aliphatic heterocycles. The molecule has 1 nitrogen and oxygen atoms in total. The van der Waals surface area contributed by atoms with Gasteiger partial charge in [-0.25, -0.2) is 0 Å². The van der Waals surface area contributed by atoms with Gasteiger partial charge in [0.25, 0.3) is 0 Å². The zero-order chi connectivity index (χ0) is 13.9. The van der Waals surface area contributed by atoms with Crippen LogP contribution in [0, 0.1) is 11.8 Å². The molecule has 0 radical (unpaired) electrons. The molecule has 0 heterocycles. The smallest absolute Gasteiger partial charge is 0.00705 e. The molecule has 3 atom stereocenters. The first-order valence-corrected chi connectivity index (χ1v) is 8.00. The van der Waals surface area contributed by atoms with Gasteiger partial charge in [0.15, 0.2) is 0 Å². The zero-order valence-corrected chi connectivity index (χ0v) is 12.4. The third kappa shape index (κ3) is 2.73. The minimum absolute atomic E-state index is 0.386. The van der Waals surface area contributed by atoms with Crippen molar-refractivity contribution >= 4 is 10.8 Å². The van der Waals surface area contributed by atoms with Crippen LogP contribution in [0.2, 0.25) is 0 Å². The van der Waals surface area contributed by atoms with E-state index in [9.17, 15) is 0 Å². The molecule has 1 heteroatoms. The van der Waals surface area contributed by atoms with E-state index in [1.165, 1.54) is 42.0 Å². The molecule has 2 aromatic carbocycles. The summed E-state index contributed by atoms with van der Waals surface area (Å²) >= 11 is 0. The maximum atomic E-state index is 6.39. The van der Waals surface area contributed by atoms with Gasteiger partial charge in [-0.15, -0.1) is 0 Å². The highest BCUT2D eigenvalue weighted by Crippen LogP contribution is 2.33. The molecule has 3 rings (SSSR count). The molecule has 0 aromatic heterocycles. The van der Waals surface area contributed by atoms with Crippen LogP contribution in [0.5, 0.6) is 0 Å². The highest BCUT2D eigenvalue weighted by Gasteiger charge is 2.27. The lowest BCUT2D eigenvalue weighted by Crippen LogP contribution is -2.37. The van der Waals surface area contributed by atoms with Gasteiger partial charge >= 0.3 is 0 Å². The minimum Gasteiger partial charge on any atom is -0.327 e. The molecular weight excluding hydrogens is 242 g/mol. The van der Waals surface area contributed by atoms with Crippen molar-refractivity contribution in [3.8, 4) is 0 Å². The lowest BCUT2D eigenvalue weighted by molar-refractivity contribution is 0.227. The Morgan fingerprint density at radius 1 is 1.05 bits per heavy atom. The Balaban J connectivity index is 1.85. The Kier molecular flexibility index (Phi) is 4.07. The van der Waals surface area contributed by atoms with Crippen LogP contribution in [0.3, 0.4) is 0 Å². The minimum atomic E-state index is 0.386. The van der Waals surface area contributed by atoms with Gasteiger partial charge in [0.05, 0.1) is 0 Å². The lowest BCUT2D eigenvalue weighted by atomic mass is 9.74. The molecule has 1 saturated carbocycles. The number of benzene rings is 2. The fourth-order valence-electron chi connectivity index (χ4n) is 3.74. The standard InChI is InChI=1S/C19H25N/c1-2-14-10-11-19(20)17(12-14)13-16-8-5-7-15-6-3-4-9-18(15)16/h3-9,14,17,19H,2,10-13,20H2,1H3. The van der Waals surface area contributed by atoms with Crippen molar-refractivity contribution < 1.29 is 0 Å². The second-order valence-corrected chi connectivity index (χ2v) is 6.35. The molecule has 3 unspecified atom stereocenters. The summed E-state index contributed by atoms with van der Waals surface area (Å²) in [6.45, 7) is 2.32. The van der Waals surface area contributed by atoms with Gasteiger partial charge in [0, 0.05) is 6.04 Å². The van der Waals surface area contributed by atoms with Crippen LogP contribution in [0.4, 0.5) is 0 Å². The molecule has 2 aromatic rings. The Bertz CT molecular complexity index is 569. The van der Waals surface area contributed by atoms with E-state index in [4.69, 9.17) is 5.73 Å². The van der Waals surface area contributed by atoms with Crippen molar-refractivity contribution in [1.82, 2.24) is 0 Å². The Morgan fingerprint density at radius 2 is 1.85 bits per heavy atom. The summed E-state index contributed by atoms with van der Waals surface area (Å²) in [6.07, 6.45) is 6.27. The maximum absolute atomic E-state index is 6.39. The van der Waals surface area contributed by atoms with Gasteiger partial charge < -0.3 is 5.73 Å². The van der Waals surface area contributed by atoms with Gasteiger partial charge in [0.1, 0.15) is 0 Å². The van der Waals surface area contributed by atoms with E-state index in [1.54, 1.807) is 0 Å². The van der Waals surface area contributed by atoms with Crippen LogP contribution in [0.25, 0.3) is 10.8 Å². The summed E-state index contributed by atoms with van der Waals surface area (Å²) in [7, 11) is 0. The molecule has 0 amide bonds. The van der Waals surface area contributed by atoms with Crippen LogP contribution < -0.4 is 5.73 Å². The molecule has 0 bridgehead atoms. The topological polar surface area (TPSA) is 26.0 Å². The third-order valence-corrected chi connectivity index (χ3v) is 5.09. The quantitative estimate of drug-likeness (QED) is 0.868. The lowest BCUT2D eigenvalue weighted by Gasteiger charge is -2.34. The molecule has 20 heavy (non-hydrogen) atoms. The predicted molar refractivity (Wildman–Crippen MR) is 86.7 cm³/mol. The SMILES string of the molecule is CCC1CCC(N)C(Cc2cccc3ccccc23)C1. The monoisotopic (exact) mass is 267 g/mol. The van der Waals surface area contributed by atoms with Crippen LogP contribution in [-0.4, -0.2) is 6.04 Å². The summed E-state index contributed by atoms with van der Waals surface area (Å²) in [5, 5.41) is 2.75. The maximum Gasteiger partial charge on any atom is 0.00705 e. The first kappa shape index (κ1) is 13.6. The normalized spacial score (nSPS) is 26.8. The molecule has 1 aliphatic carbocycles. The fraction of sp³-hybridized carbons (Fsp3) is 0.474. The van der Waals surface area contributed by atoms with Crippen LogP contribution in [0.15, 0.2) is 42.5 Å². The summed E-state index contributed by atoms with van der Waals surface area (Å²) in [6, 6.07) is 15.8. The van der Waals surface area contributed by atoms with Crippen molar-refractivity contribution in [2.24, 2.45) is 17.6 Å². The Morgan fingerprint density at radius 3 is 2.70 bits per heavy atom. The molecule has 1 aliphatic rings. The first-order valence-electron chi connectivity index (χ1n) is 8.00. The Hall–Kier alpha value is -1.34. The largest absolute Gasteiger partial charge is 0.327 e. The van der Waals surface area contributed by atoms with Crippen molar-refractivity contribution in [1.29, 1.82) is 0 Å². The van der Waals surface area contributed by atoms with E-state index in [0.717, 1.165) is 12.3 Å². The van der Waals surface area contributed by atoms with Crippen LogP contribution >= 0.6 is 0 Å². The fourth-order valence-corrected chi connectivity index (χ4v) is 3.74. The van der Waals surface area contributed by atoms with Crippen molar-refractivity contribution in [3.05, 3.63) is 48.0 Å².